The number of aryl methyl sites for hydroxylation is 1. The second-order valence-electron chi connectivity index (χ2n) is 7.16. The molecule has 0 aliphatic heterocycles. The number of halogens is 1. The summed E-state index contributed by atoms with van der Waals surface area (Å²) in [5.41, 5.74) is 0.967. The van der Waals surface area contributed by atoms with Gasteiger partial charge in [0.1, 0.15) is 6.54 Å². The number of anilines is 1. The van der Waals surface area contributed by atoms with E-state index in [1.807, 2.05) is 20.8 Å². The van der Waals surface area contributed by atoms with Gasteiger partial charge in [-0.15, -0.1) is 0 Å². The Balaban J connectivity index is 2.20. The summed E-state index contributed by atoms with van der Waals surface area (Å²) in [5, 5.41) is 0.991. The van der Waals surface area contributed by atoms with Gasteiger partial charge >= 0.3 is 0 Å². The number of benzene rings is 2. The van der Waals surface area contributed by atoms with Crippen molar-refractivity contribution in [2.45, 2.75) is 25.7 Å². The van der Waals surface area contributed by atoms with Crippen LogP contribution >= 0.6 is 23.1 Å². The highest BCUT2D eigenvalue weighted by molar-refractivity contribution is 7.92. The minimum Gasteiger partial charge on any atom is -0.493 e. The van der Waals surface area contributed by atoms with E-state index in [9.17, 15) is 13.2 Å². The van der Waals surface area contributed by atoms with Gasteiger partial charge in [0.05, 0.1) is 40.2 Å². The number of hydrogen-bond donors (Lipinski definition) is 0. The number of fused-ring (bicyclic) bond motifs is 1. The van der Waals surface area contributed by atoms with E-state index in [-0.39, 0.29) is 27.3 Å². The Kier molecular flexibility index (Phi) is 7.71. The van der Waals surface area contributed by atoms with E-state index in [2.05, 4.69) is 4.37 Å². The molecular formula is C22H26ClN3O5S2. The predicted octanol–water partition coefficient (Wildman–Crippen LogP) is 4.34. The molecule has 33 heavy (non-hydrogen) atoms. The summed E-state index contributed by atoms with van der Waals surface area (Å²) >= 11 is 7.82. The van der Waals surface area contributed by atoms with Crippen LogP contribution in [0.5, 0.6) is 11.5 Å². The third-order valence-electron chi connectivity index (χ3n) is 5.33. The molecule has 0 unspecified atom stereocenters. The van der Waals surface area contributed by atoms with Crippen LogP contribution in [0.1, 0.15) is 19.5 Å². The zero-order valence-electron chi connectivity index (χ0n) is 19.1. The molecule has 2 aromatic carbocycles. The molecule has 0 saturated carbocycles. The Labute approximate surface area is 202 Å². The molecule has 0 atom stereocenters. The molecule has 0 spiro atoms. The summed E-state index contributed by atoms with van der Waals surface area (Å²) in [5.74, 6) is 0.315. The van der Waals surface area contributed by atoms with Gasteiger partial charge in [-0.25, -0.2) is 8.42 Å². The van der Waals surface area contributed by atoms with E-state index in [4.69, 9.17) is 21.1 Å². The third kappa shape index (κ3) is 4.87. The van der Waals surface area contributed by atoms with Crippen molar-refractivity contribution in [3.63, 3.8) is 0 Å². The molecule has 3 rings (SSSR count). The molecule has 8 nitrogen and oxygen atoms in total. The molecule has 3 aromatic rings. The number of nitrogens with zero attached hydrogens (tertiary/aromatic N) is 3. The van der Waals surface area contributed by atoms with Crippen LogP contribution in [0.15, 0.2) is 35.2 Å². The second-order valence-corrected chi connectivity index (χ2v) is 10.2. The summed E-state index contributed by atoms with van der Waals surface area (Å²) in [6.07, 6.45) is 0. The minimum absolute atomic E-state index is 0.0520. The quantitative estimate of drug-likeness (QED) is 0.424. The number of hydrogen-bond acceptors (Lipinski definition) is 7. The summed E-state index contributed by atoms with van der Waals surface area (Å²) < 4.78 is 44.4. The standard InChI is InChI=1S/C22H26ClN3O5S2/c1-6-25(7-2)22(27)13-26(18-11-16-14(3)24-32-21(16)12-17(18)23)33(28,29)15-8-9-19(30-4)20(10-15)31-5/h8-12H,6-7,13H2,1-5H3. The van der Waals surface area contributed by atoms with Gasteiger partial charge in [-0.1, -0.05) is 11.6 Å². The van der Waals surface area contributed by atoms with Crippen LogP contribution in [0, 0.1) is 6.92 Å². The maximum atomic E-state index is 13.8. The van der Waals surface area contributed by atoms with Crippen molar-refractivity contribution in [3.05, 3.63) is 41.0 Å². The van der Waals surface area contributed by atoms with E-state index in [1.165, 1.54) is 44.0 Å². The lowest BCUT2D eigenvalue weighted by Crippen LogP contribution is -2.43. The molecule has 0 radical (unpaired) electrons. The molecule has 0 saturated heterocycles. The molecule has 0 fully saturated rings. The van der Waals surface area contributed by atoms with Crippen molar-refractivity contribution in [3.8, 4) is 11.5 Å². The zero-order chi connectivity index (χ0) is 24.3. The number of aromatic nitrogens is 1. The van der Waals surface area contributed by atoms with Crippen molar-refractivity contribution < 1.29 is 22.7 Å². The van der Waals surface area contributed by atoms with Crippen LogP contribution in [0.4, 0.5) is 5.69 Å². The molecule has 1 aromatic heterocycles. The average molecular weight is 512 g/mol. The van der Waals surface area contributed by atoms with Crippen LogP contribution in [0.3, 0.4) is 0 Å². The summed E-state index contributed by atoms with van der Waals surface area (Å²) in [6.45, 7) is 6.03. The van der Waals surface area contributed by atoms with Crippen molar-refractivity contribution in [2.75, 3.05) is 38.2 Å². The first-order valence-corrected chi connectivity index (χ1v) is 12.8. The number of carbonyl (C=O) groups excluding carboxylic acids is 1. The van der Waals surface area contributed by atoms with Gasteiger partial charge < -0.3 is 14.4 Å². The SMILES string of the molecule is CCN(CC)C(=O)CN(c1cc2c(C)nsc2cc1Cl)S(=O)(=O)c1ccc(OC)c(OC)c1. The zero-order valence-corrected chi connectivity index (χ0v) is 21.5. The molecule has 178 valence electrons. The number of ether oxygens (including phenoxy) is 2. The van der Waals surface area contributed by atoms with E-state index >= 15 is 0 Å². The summed E-state index contributed by atoms with van der Waals surface area (Å²) in [7, 11) is -1.31. The molecule has 0 aliphatic carbocycles. The van der Waals surface area contributed by atoms with Crippen LogP contribution in [0.2, 0.25) is 5.02 Å². The largest absolute Gasteiger partial charge is 0.493 e. The Morgan fingerprint density at radius 3 is 2.36 bits per heavy atom. The average Bonchev–Trinajstić information content (AvgIpc) is 3.16. The smallest absolute Gasteiger partial charge is 0.264 e. The van der Waals surface area contributed by atoms with Gasteiger partial charge in [-0.05, 0) is 56.6 Å². The van der Waals surface area contributed by atoms with Crippen LogP contribution in [-0.2, 0) is 14.8 Å². The van der Waals surface area contributed by atoms with Crippen LogP contribution < -0.4 is 13.8 Å². The lowest BCUT2D eigenvalue weighted by atomic mass is 10.2. The Hall–Kier alpha value is -2.56. The highest BCUT2D eigenvalue weighted by Crippen LogP contribution is 2.38. The van der Waals surface area contributed by atoms with Crippen LogP contribution in [-0.4, -0.2) is 57.5 Å². The van der Waals surface area contributed by atoms with E-state index in [1.54, 1.807) is 17.0 Å². The fourth-order valence-corrected chi connectivity index (χ4v) is 6.09. The van der Waals surface area contributed by atoms with Crippen molar-refractivity contribution >= 4 is 54.8 Å². The Morgan fingerprint density at radius 1 is 1.09 bits per heavy atom. The van der Waals surface area contributed by atoms with Gasteiger partial charge in [0, 0.05) is 24.5 Å². The fourth-order valence-electron chi connectivity index (χ4n) is 3.46. The first-order chi connectivity index (χ1) is 15.7. The summed E-state index contributed by atoms with van der Waals surface area (Å²) in [4.78, 5) is 14.5. The van der Waals surface area contributed by atoms with E-state index in [0.29, 0.717) is 18.8 Å². The second kappa shape index (κ2) is 10.1. The van der Waals surface area contributed by atoms with Crippen LogP contribution in [0.25, 0.3) is 10.1 Å². The first-order valence-electron chi connectivity index (χ1n) is 10.3. The van der Waals surface area contributed by atoms with Crippen molar-refractivity contribution in [2.24, 2.45) is 0 Å². The molecule has 0 aliphatic rings. The maximum absolute atomic E-state index is 13.8. The van der Waals surface area contributed by atoms with Gasteiger partial charge in [-0.3, -0.25) is 9.10 Å². The van der Waals surface area contributed by atoms with Gasteiger partial charge in [-0.2, -0.15) is 4.37 Å². The Morgan fingerprint density at radius 2 is 1.76 bits per heavy atom. The highest BCUT2D eigenvalue weighted by atomic mass is 35.5. The minimum atomic E-state index is -4.19. The van der Waals surface area contributed by atoms with Gasteiger partial charge in [0.15, 0.2) is 11.5 Å². The predicted molar refractivity (Wildman–Crippen MR) is 131 cm³/mol. The Bertz CT molecular complexity index is 1270. The molecule has 1 amide bonds. The number of likely N-dealkylation sites (N-methyl/N-ethyl adjacent to an activating group) is 1. The lowest BCUT2D eigenvalue weighted by Gasteiger charge is -2.28. The molecule has 0 bridgehead atoms. The molecular weight excluding hydrogens is 486 g/mol. The number of methoxy groups -OCH3 is 2. The highest BCUT2D eigenvalue weighted by Gasteiger charge is 2.31. The molecule has 0 N–H and O–H groups in total. The van der Waals surface area contributed by atoms with E-state index < -0.39 is 16.6 Å². The number of sulfonamides is 1. The topological polar surface area (TPSA) is 89.0 Å². The number of rotatable bonds is 9. The van der Waals surface area contributed by atoms with E-state index in [0.717, 1.165) is 20.1 Å². The maximum Gasteiger partial charge on any atom is 0.264 e. The van der Waals surface area contributed by atoms with Gasteiger partial charge in [0.2, 0.25) is 5.91 Å². The normalized spacial score (nSPS) is 11.5. The molecule has 1 heterocycles. The van der Waals surface area contributed by atoms with Crippen molar-refractivity contribution in [1.29, 1.82) is 0 Å². The summed E-state index contributed by atoms with van der Waals surface area (Å²) in [6, 6.07) is 7.64. The molecule has 11 heteroatoms. The third-order valence-corrected chi connectivity index (χ3v) is 8.28. The lowest BCUT2D eigenvalue weighted by molar-refractivity contribution is -0.129. The van der Waals surface area contributed by atoms with Gasteiger partial charge in [0.25, 0.3) is 10.0 Å². The first kappa shape index (κ1) is 25.1. The fraction of sp³-hybridized carbons (Fsp3) is 0.364. The van der Waals surface area contributed by atoms with Crippen molar-refractivity contribution in [1.82, 2.24) is 9.27 Å². The number of amides is 1. The monoisotopic (exact) mass is 511 g/mol. The number of carbonyl (C=O) groups is 1.